The molecule has 0 spiro atoms. The first kappa shape index (κ1) is 11.2. The molecule has 1 fully saturated rings. The van der Waals surface area contributed by atoms with Gasteiger partial charge in [-0.05, 0) is 36.4 Å². The molecule has 19 heavy (non-hydrogen) atoms. The molecule has 2 aromatic rings. The number of rotatable bonds is 2. The molecule has 1 aromatic heterocycles. The SMILES string of the molecule is CC1CCNC1c1nc(C2Cc3ccccc32)no1. The van der Waals surface area contributed by atoms with Gasteiger partial charge in [-0.1, -0.05) is 36.3 Å². The van der Waals surface area contributed by atoms with Gasteiger partial charge in [0.25, 0.3) is 0 Å². The van der Waals surface area contributed by atoms with Crippen molar-refractivity contribution < 1.29 is 4.52 Å². The van der Waals surface area contributed by atoms with Crippen molar-refractivity contribution in [1.82, 2.24) is 15.5 Å². The monoisotopic (exact) mass is 255 g/mol. The van der Waals surface area contributed by atoms with Crippen molar-refractivity contribution in [3.63, 3.8) is 0 Å². The van der Waals surface area contributed by atoms with E-state index in [4.69, 9.17) is 4.52 Å². The number of benzene rings is 1. The Morgan fingerprint density at radius 3 is 3.00 bits per heavy atom. The number of aromatic nitrogens is 2. The van der Waals surface area contributed by atoms with E-state index in [2.05, 4.69) is 46.6 Å². The summed E-state index contributed by atoms with van der Waals surface area (Å²) < 4.78 is 5.47. The molecule has 2 aliphatic rings. The van der Waals surface area contributed by atoms with Gasteiger partial charge < -0.3 is 9.84 Å². The lowest BCUT2D eigenvalue weighted by molar-refractivity contribution is 0.315. The Morgan fingerprint density at radius 2 is 2.21 bits per heavy atom. The summed E-state index contributed by atoms with van der Waals surface area (Å²) in [7, 11) is 0. The van der Waals surface area contributed by atoms with E-state index in [0.717, 1.165) is 24.7 Å². The van der Waals surface area contributed by atoms with Gasteiger partial charge in [0.15, 0.2) is 5.82 Å². The standard InChI is InChI=1S/C15H17N3O/c1-9-6-7-16-13(9)15-17-14(18-19-15)12-8-10-4-2-3-5-11(10)12/h2-5,9,12-13,16H,6-8H2,1H3. The molecular formula is C15H17N3O. The van der Waals surface area contributed by atoms with Gasteiger partial charge in [-0.2, -0.15) is 4.98 Å². The van der Waals surface area contributed by atoms with Crippen LogP contribution in [0.5, 0.6) is 0 Å². The third kappa shape index (κ3) is 1.70. The second-order valence-electron chi connectivity index (χ2n) is 5.64. The minimum absolute atomic E-state index is 0.233. The van der Waals surface area contributed by atoms with Crippen LogP contribution in [0.25, 0.3) is 0 Å². The molecule has 4 heteroatoms. The average Bonchev–Trinajstić information content (AvgIpc) is 3.00. The van der Waals surface area contributed by atoms with E-state index >= 15 is 0 Å². The summed E-state index contributed by atoms with van der Waals surface area (Å²) in [4.78, 5) is 4.62. The van der Waals surface area contributed by atoms with E-state index in [1.165, 1.54) is 17.5 Å². The van der Waals surface area contributed by atoms with Crippen molar-refractivity contribution in [3.8, 4) is 0 Å². The normalized spacial score (nSPS) is 29.0. The van der Waals surface area contributed by atoms with Crippen LogP contribution >= 0.6 is 0 Å². The van der Waals surface area contributed by atoms with Crippen LogP contribution in [0.3, 0.4) is 0 Å². The Bertz CT molecular complexity index is 607. The van der Waals surface area contributed by atoms with E-state index in [1.807, 2.05) is 0 Å². The largest absolute Gasteiger partial charge is 0.338 e. The number of nitrogens with one attached hydrogen (secondary N) is 1. The van der Waals surface area contributed by atoms with E-state index in [9.17, 15) is 0 Å². The first-order valence-electron chi connectivity index (χ1n) is 6.97. The summed E-state index contributed by atoms with van der Waals surface area (Å²) in [6, 6.07) is 8.73. The summed E-state index contributed by atoms with van der Waals surface area (Å²) in [5, 5.41) is 7.62. The van der Waals surface area contributed by atoms with Crippen LogP contribution in [-0.2, 0) is 6.42 Å². The lowest BCUT2D eigenvalue weighted by Crippen LogP contribution is -2.20. The number of nitrogens with zero attached hydrogens (tertiary/aromatic N) is 2. The van der Waals surface area contributed by atoms with Gasteiger partial charge in [-0.3, -0.25) is 0 Å². The van der Waals surface area contributed by atoms with Crippen LogP contribution in [-0.4, -0.2) is 16.7 Å². The molecule has 0 amide bonds. The highest BCUT2D eigenvalue weighted by atomic mass is 16.5. The highest BCUT2D eigenvalue weighted by Crippen LogP contribution is 2.39. The summed E-state index contributed by atoms with van der Waals surface area (Å²) in [5.41, 5.74) is 2.76. The molecule has 98 valence electrons. The minimum atomic E-state index is 0.233. The van der Waals surface area contributed by atoms with Gasteiger partial charge in [0.2, 0.25) is 5.89 Å². The topological polar surface area (TPSA) is 51.0 Å². The fraction of sp³-hybridized carbons (Fsp3) is 0.467. The van der Waals surface area contributed by atoms with E-state index < -0.39 is 0 Å². The maximum Gasteiger partial charge on any atom is 0.244 e. The highest BCUT2D eigenvalue weighted by molar-refractivity contribution is 5.43. The third-order valence-corrected chi connectivity index (χ3v) is 4.42. The molecule has 0 radical (unpaired) electrons. The lowest BCUT2D eigenvalue weighted by atomic mass is 9.77. The van der Waals surface area contributed by atoms with E-state index in [0.29, 0.717) is 11.8 Å². The molecule has 1 aliphatic carbocycles. The number of hydrogen-bond donors (Lipinski definition) is 1. The van der Waals surface area contributed by atoms with E-state index in [-0.39, 0.29) is 6.04 Å². The van der Waals surface area contributed by atoms with E-state index in [1.54, 1.807) is 0 Å². The van der Waals surface area contributed by atoms with Crippen molar-refractivity contribution in [2.75, 3.05) is 6.54 Å². The first-order chi connectivity index (χ1) is 9.33. The molecule has 4 nitrogen and oxygen atoms in total. The van der Waals surface area contributed by atoms with Crippen molar-refractivity contribution in [1.29, 1.82) is 0 Å². The molecule has 1 aromatic carbocycles. The molecule has 0 saturated carbocycles. The number of hydrogen-bond acceptors (Lipinski definition) is 4. The Labute approximate surface area is 112 Å². The van der Waals surface area contributed by atoms with Gasteiger partial charge in [0.05, 0.1) is 12.0 Å². The molecule has 3 unspecified atom stereocenters. The Morgan fingerprint density at radius 1 is 1.32 bits per heavy atom. The smallest absolute Gasteiger partial charge is 0.244 e. The van der Waals surface area contributed by atoms with Gasteiger partial charge in [0.1, 0.15) is 0 Å². The summed E-state index contributed by atoms with van der Waals surface area (Å²) in [5.74, 6) is 2.49. The predicted molar refractivity (Wildman–Crippen MR) is 70.8 cm³/mol. The lowest BCUT2D eigenvalue weighted by Gasteiger charge is -2.27. The van der Waals surface area contributed by atoms with Gasteiger partial charge in [-0.15, -0.1) is 0 Å². The molecule has 4 rings (SSSR count). The fourth-order valence-electron chi connectivity index (χ4n) is 3.17. The van der Waals surface area contributed by atoms with Gasteiger partial charge in [-0.25, -0.2) is 0 Å². The zero-order valence-corrected chi connectivity index (χ0v) is 11.0. The summed E-state index contributed by atoms with van der Waals surface area (Å²) in [6.07, 6.45) is 2.21. The second-order valence-corrected chi connectivity index (χ2v) is 5.64. The Kier molecular flexibility index (Phi) is 2.45. The van der Waals surface area contributed by atoms with Crippen LogP contribution in [0.2, 0.25) is 0 Å². The molecule has 1 N–H and O–H groups in total. The quantitative estimate of drug-likeness (QED) is 0.895. The third-order valence-electron chi connectivity index (χ3n) is 4.42. The molecule has 1 aliphatic heterocycles. The first-order valence-corrected chi connectivity index (χ1v) is 6.97. The molecule has 0 bridgehead atoms. The Balaban J connectivity index is 1.60. The summed E-state index contributed by atoms with van der Waals surface area (Å²) in [6.45, 7) is 3.27. The van der Waals surface area contributed by atoms with Crippen LogP contribution in [0.15, 0.2) is 28.8 Å². The maximum atomic E-state index is 5.47. The maximum absolute atomic E-state index is 5.47. The zero-order valence-electron chi connectivity index (χ0n) is 11.0. The van der Waals surface area contributed by atoms with Crippen molar-refractivity contribution in [2.24, 2.45) is 5.92 Å². The van der Waals surface area contributed by atoms with Crippen LogP contribution in [0, 0.1) is 5.92 Å². The van der Waals surface area contributed by atoms with Gasteiger partial charge in [0, 0.05) is 0 Å². The predicted octanol–water partition coefficient (Wildman–Crippen LogP) is 2.43. The molecular weight excluding hydrogens is 238 g/mol. The minimum Gasteiger partial charge on any atom is -0.338 e. The van der Waals surface area contributed by atoms with Crippen LogP contribution < -0.4 is 5.32 Å². The number of fused-ring (bicyclic) bond motifs is 1. The van der Waals surface area contributed by atoms with Gasteiger partial charge >= 0.3 is 0 Å². The van der Waals surface area contributed by atoms with Crippen molar-refractivity contribution in [2.45, 2.75) is 31.7 Å². The molecule has 2 heterocycles. The fourth-order valence-corrected chi connectivity index (χ4v) is 3.17. The van der Waals surface area contributed by atoms with Crippen LogP contribution in [0.1, 0.15) is 48.1 Å². The summed E-state index contributed by atoms with van der Waals surface area (Å²) >= 11 is 0. The molecule has 3 atom stereocenters. The molecule has 1 saturated heterocycles. The Hall–Kier alpha value is -1.68. The zero-order chi connectivity index (χ0) is 12.8. The van der Waals surface area contributed by atoms with Crippen LogP contribution in [0.4, 0.5) is 0 Å². The van der Waals surface area contributed by atoms with Crippen molar-refractivity contribution in [3.05, 3.63) is 47.1 Å². The van der Waals surface area contributed by atoms with Crippen molar-refractivity contribution >= 4 is 0 Å². The average molecular weight is 255 g/mol. The highest BCUT2D eigenvalue weighted by Gasteiger charge is 2.34. The second kappa shape index (κ2) is 4.17.